The topological polar surface area (TPSA) is 38.3 Å². The van der Waals surface area contributed by atoms with Crippen LogP contribution in [0.15, 0.2) is 42.5 Å². The Kier molecular flexibility index (Phi) is 6.78. The first-order chi connectivity index (χ1) is 14.3. The van der Waals surface area contributed by atoms with Gasteiger partial charge in [0.15, 0.2) is 5.78 Å². The molecule has 3 nitrogen and oxygen atoms in total. The SMILES string of the molecule is CCOC(CCNCCc1ccc2c(c1)C(=O)CC2)C1CCCc2ccccc21. The second-order valence-electron chi connectivity index (χ2n) is 8.39. The van der Waals surface area contributed by atoms with Gasteiger partial charge in [0.2, 0.25) is 0 Å². The van der Waals surface area contributed by atoms with Crippen molar-refractivity contribution in [1.82, 2.24) is 5.32 Å². The summed E-state index contributed by atoms with van der Waals surface area (Å²) in [5, 5.41) is 3.60. The quantitative estimate of drug-likeness (QED) is 0.620. The molecular formula is C26H33NO2. The van der Waals surface area contributed by atoms with Crippen molar-refractivity contribution in [2.24, 2.45) is 0 Å². The number of hydrogen-bond acceptors (Lipinski definition) is 3. The van der Waals surface area contributed by atoms with E-state index >= 15 is 0 Å². The van der Waals surface area contributed by atoms with E-state index in [2.05, 4.69) is 54.7 Å². The molecule has 2 unspecified atom stereocenters. The Morgan fingerprint density at radius 3 is 2.86 bits per heavy atom. The minimum absolute atomic E-state index is 0.284. The van der Waals surface area contributed by atoms with Gasteiger partial charge in [0, 0.05) is 24.5 Å². The summed E-state index contributed by atoms with van der Waals surface area (Å²) in [6.07, 6.45) is 7.57. The highest BCUT2D eigenvalue weighted by Crippen LogP contribution is 2.36. The molecule has 0 fully saturated rings. The molecule has 0 aromatic heterocycles. The number of hydrogen-bond donors (Lipinski definition) is 1. The van der Waals surface area contributed by atoms with Crippen molar-refractivity contribution in [2.45, 2.75) is 63.9 Å². The third-order valence-electron chi connectivity index (χ3n) is 6.54. The average molecular weight is 392 g/mol. The molecule has 0 spiro atoms. The van der Waals surface area contributed by atoms with E-state index in [1.165, 1.54) is 41.5 Å². The van der Waals surface area contributed by atoms with Gasteiger partial charge in [0.1, 0.15) is 0 Å². The maximum Gasteiger partial charge on any atom is 0.163 e. The highest BCUT2D eigenvalue weighted by molar-refractivity contribution is 6.00. The number of aryl methyl sites for hydroxylation is 2. The van der Waals surface area contributed by atoms with Crippen LogP contribution < -0.4 is 5.32 Å². The lowest BCUT2D eigenvalue weighted by atomic mass is 9.79. The third kappa shape index (κ3) is 4.79. The zero-order valence-electron chi connectivity index (χ0n) is 17.6. The lowest BCUT2D eigenvalue weighted by molar-refractivity contribution is 0.0327. The van der Waals surface area contributed by atoms with Crippen molar-refractivity contribution in [1.29, 1.82) is 0 Å². The van der Waals surface area contributed by atoms with Crippen LogP contribution in [0, 0.1) is 0 Å². The fourth-order valence-electron chi connectivity index (χ4n) is 5.03. The molecule has 2 atom stereocenters. The summed E-state index contributed by atoms with van der Waals surface area (Å²) in [6.45, 7) is 4.77. The van der Waals surface area contributed by atoms with Crippen molar-refractivity contribution in [3.8, 4) is 0 Å². The van der Waals surface area contributed by atoms with Crippen molar-refractivity contribution in [3.05, 3.63) is 70.3 Å². The van der Waals surface area contributed by atoms with Crippen molar-refractivity contribution in [3.63, 3.8) is 0 Å². The molecule has 2 aliphatic rings. The van der Waals surface area contributed by atoms with Crippen LogP contribution in [0.2, 0.25) is 0 Å². The van der Waals surface area contributed by atoms with E-state index < -0.39 is 0 Å². The maximum absolute atomic E-state index is 11.9. The van der Waals surface area contributed by atoms with Crippen LogP contribution in [-0.4, -0.2) is 31.6 Å². The van der Waals surface area contributed by atoms with E-state index in [4.69, 9.17) is 4.74 Å². The first kappa shape index (κ1) is 20.3. The molecule has 29 heavy (non-hydrogen) atoms. The van der Waals surface area contributed by atoms with Crippen LogP contribution in [-0.2, 0) is 24.0 Å². The summed E-state index contributed by atoms with van der Waals surface area (Å²) >= 11 is 0. The Hall–Kier alpha value is -1.97. The molecule has 0 aliphatic heterocycles. The zero-order chi connectivity index (χ0) is 20.1. The Bertz CT molecular complexity index is 844. The molecule has 154 valence electrons. The average Bonchev–Trinajstić information content (AvgIpc) is 3.12. The summed E-state index contributed by atoms with van der Waals surface area (Å²) in [7, 11) is 0. The smallest absolute Gasteiger partial charge is 0.163 e. The fraction of sp³-hybridized carbons (Fsp3) is 0.500. The number of benzene rings is 2. The highest BCUT2D eigenvalue weighted by Gasteiger charge is 2.27. The summed E-state index contributed by atoms with van der Waals surface area (Å²) in [6, 6.07) is 15.3. The van der Waals surface area contributed by atoms with Crippen LogP contribution in [0.3, 0.4) is 0 Å². The molecule has 0 heterocycles. The molecule has 1 N–H and O–H groups in total. The first-order valence-electron chi connectivity index (χ1n) is 11.3. The van der Waals surface area contributed by atoms with E-state index in [9.17, 15) is 4.79 Å². The van der Waals surface area contributed by atoms with Gasteiger partial charge in [-0.1, -0.05) is 36.4 Å². The second-order valence-corrected chi connectivity index (χ2v) is 8.39. The number of fused-ring (bicyclic) bond motifs is 2. The van der Waals surface area contributed by atoms with Gasteiger partial charge in [0.25, 0.3) is 0 Å². The maximum atomic E-state index is 11.9. The predicted molar refractivity (Wildman–Crippen MR) is 118 cm³/mol. The van der Waals surface area contributed by atoms with Gasteiger partial charge in [-0.05, 0) is 86.9 Å². The minimum atomic E-state index is 0.284. The molecule has 0 saturated carbocycles. The second kappa shape index (κ2) is 9.69. The summed E-state index contributed by atoms with van der Waals surface area (Å²) in [4.78, 5) is 11.9. The Morgan fingerprint density at radius 1 is 1.07 bits per heavy atom. The molecule has 0 radical (unpaired) electrons. The highest BCUT2D eigenvalue weighted by atomic mass is 16.5. The van der Waals surface area contributed by atoms with Crippen molar-refractivity contribution in [2.75, 3.05) is 19.7 Å². The molecule has 4 rings (SSSR count). The molecule has 2 aromatic carbocycles. The third-order valence-corrected chi connectivity index (χ3v) is 6.54. The lowest BCUT2D eigenvalue weighted by Gasteiger charge is -2.32. The largest absolute Gasteiger partial charge is 0.378 e. The van der Waals surface area contributed by atoms with Crippen LogP contribution in [0.4, 0.5) is 0 Å². The van der Waals surface area contributed by atoms with Gasteiger partial charge in [0.05, 0.1) is 6.10 Å². The van der Waals surface area contributed by atoms with Crippen LogP contribution >= 0.6 is 0 Å². The summed E-state index contributed by atoms with van der Waals surface area (Å²) < 4.78 is 6.19. The first-order valence-corrected chi connectivity index (χ1v) is 11.3. The summed E-state index contributed by atoms with van der Waals surface area (Å²) in [5.74, 6) is 0.826. The van der Waals surface area contributed by atoms with Crippen molar-refractivity contribution >= 4 is 5.78 Å². The van der Waals surface area contributed by atoms with Crippen LogP contribution in [0.5, 0.6) is 0 Å². The van der Waals surface area contributed by atoms with E-state index in [0.717, 1.165) is 44.5 Å². The Morgan fingerprint density at radius 2 is 1.97 bits per heavy atom. The van der Waals surface area contributed by atoms with Gasteiger partial charge in [-0.15, -0.1) is 0 Å². The zero-order valence-corrected chi connectivity index (χ0v) is 17.6. The minimum Gasteiger partial charge on any atom is -0.378 e. The van der Waals surface area contributed by atoms with Crippen LogP contribution in [0.1, 0.15) is 71.1 Å². The van der Waals surface area contributed by atoms with E-state index in [0.29, 0.717) is 18.1 Å². The number of ether oxygens (including phenoxy) is 1. The molecule has 0 bridgehead atoms. The molecular weight excluding hydrogens is 358 g/mol. The molecule has 2 aliphatic carbocycles. The number of carbonyl (C=O) groups is 1. The molecule has 2 aromatic rings. The van der Waals surface area contributed by atoms with Gasteiger partial charge >= 0.3 is 0 Å². The standard InChI is InChI=1S/C26H33NO2/c1-2-29-26(23-9-5-7-20-6-3-4-8-22(20)23)15-17-27-16-14-19-10-11-21-12-13-25(28)24(21)18-19/h3-4,6,8,10-11,18,23,26-27H,2,5,7,9,12-17H2,1H3. The summed E-state index contributed by atoms with van der Waals surface area (Å²) in [5.41, 5.74) is 6.44. The Labute approximate surface area is 174 Å². The van der Waals surface area contributed by atoms with Gasteiger partial charge < -0.3 is 10.1 Å². The number of ketones is 1. The van der Waals surface area contributed by atoms with Crippen molar-refractivity contribution < 1.29 is 9.53 Å². The van der Waals surface area contributed by atoms with E-state index in [-0.39, 0.29) is 6.10 Å². The van der Waals surface area contributed by atoms with Gasteiger partial charge in [-0.3, -0.25) is 4.79 Å². The van der Waals surface area contributed by atoms with Gasteiger partial charge in [-0.25, -0.2) is 0 Å². The Balaban J connectivity index is 1.28. The van der Waals surface area contributed by atoms with Crippen LogP contribution in [0.25, 0.3) is 0 Å². The fourth-order valence-corrected chi connectivity index (χ4v) is 5.03. The number of Topliss-reactive ketones (excluding diaryl/α,β-unsaturated/α-hetero) is 1. The number of carbonyl (C=O) groups excluding carboxylic acids is 1. The van der Waals surface area contributed by atoms with E-state index in [1.807, 2.05) is 0 Å². The number of rotatable bonds is 9. The van der Waals surface area contributed by atoms with E-state index in [1.54, 1.807) is 0 Å². The molecule has 3 heteroatoms. The normalized spacial score (nSPS) is 19.1. The molecule has 0 saturated heterocycles. The number of nitrogens with one attached hydrogen (secondary N) is 1. The lowest BCUT2D eigenvalue weighted by Crippen LogP contribution is -2.30. The predicted octanol–water partition coefficient (Wildman–Crippen LogP) is 4.86. The molecule has 0 amide bonds. The monoisotopic (exact) mass is 391 g/mol. The van der Waals surface area contributed by atoms with Gasteiger partial charge in [-0.2, -0.15) is 0 Å².